The van der Waals surface area contributed by atoms with Gasteiger partial charge in [-0.2, -0.15) is 0 Å². The van der Waals surface area contributed by atoms with Gasteiger partial charge in [-0.05, 0) is 79.8 Å². The number of piperidine rings is 1. The van der Waals surface area contributed by atoms with Crippen LogP contribution in [0.1, 0.15) is 55.2 Å². The minimum Gasteiger partial charge on any atom is -0.489 e. The number of carbonyl (C=O) groups is 1. The molecule has 3 fully saturated rings. The number of hydrogen-bond acceptors (Lipinski definition) is 5. The standard InChI is InChI=1S/C29H35NO4/c31-13-10-23-16-29(33)27-14-22-8-9-24(34-19-21-4-2-1-3-5-21)15-25(22)28(29,17-26(23)32)11-12-30(27)18-20-6-7-20/h1-5,8-9,15,20,23,27,31,33H,6-7,10-14,16-19H2. The van der Waals surface area contributed by atoms with Crippen LogP contribution < -0.4 is 4.74 Å². The summed E-state index contributed by atoms with van der Waals surface area (Å²) < 4.78 is 6.16. The smallest absolute Gasteiger partial charge is 0.137 e. The summed E-state index contributed by atoms with van der Waals surface area (Å²) in [4.78, 5) is 15.8. The molecule has 34 heavy (non-hydrogen) atoms. The van der Waals surface area contributed by atoms with Crippen molar-refractivity contribution in [1.82, 2.24) is 4.90 Å². The largest absolute Gasteiger partial charge is 0.489 e. The third-order valence-corrected chi connectivity index (χ3v) is 9.06. The van der Waals surface area contributed by atoms with Crippen molar-refractivity contribution in [2.24, 2.45) is 11.8 Å². The van der Waals surface area contributed by atoms with Gasteiger partial charge in [0.1, 0.15) is 18.1 Å². The fraction of sp³-hybridized carbons (Fsp3) is 0.552. The summed E-state index contributed by atoms with van der Waals surface area (Å²) in [5.74, 6) is 1.48. The molecule has 1 aliphatic heterocycles. The predicted octanol–water partition coefficient (Wildman–Crippen LogP) is 3.64. The van der Waals surface area contributed by atoms with Crippen molar-refractivity contribution >= 4 is 5.78 Å². The Labute approximate surface area is 201 Å². The molecule has 4 atom stereocenters. The monoisotopic (exact) mass is 461 g/mol. The van der Waals surface area contributed by atoms with E-state index >= 15 is 0 Å². The van der Waals surface area contributed by atoms with Crippen LogP contribution in [0, 0.1) is 11.8 Å². The highest BCUT2D eigenvalue weighted by molar-refractivity contribution is 5.85. The first kappa shape index (κ1) is 22.3. The molecule has 2 N–H and O–H groups in total. The molecule has 5 nitrogen and oxygen atoms in total. The van der Waals surface area contributed by atoms with E-state index in [0.717, 1.165) is 48.7 Å². The van der Waals surface area contributed by atoms with Crippen LogP contribution >= 0.6 is 0 Å². The number of likely N-dealkylation sites (tertiary alicyclic amines) is 1. The molecule has 4 unspecified atom stereocenters. The van der Waals surface area contributed by atoms with Crippen LogP contribution in [-0.4, -0.2) is 52.2 Å². The molecule has 0 aromatic heterocycles. The summed E-state index contributed by atoms with van der Waals surface area (Å²) >= 11 is 0. The Bertz CT molecular complexity index is 1070. The Hall–Kier alpha value is -2.21. The number of nitrogens with zero attached hydrogens (tertiary/aromatic N) is 1. The maximum Gasteiger partial charge on any atom is 0.137 e. The molecule has 2 aromatic carbocycles. The molecule has 0 spiro atoms. The summed E-state index contributed by atoms with van der Waals surface area (Å²) in [6, 6.07) is 16.5. The lowest BCUT2D eigenvalue weighted by Gasteiger charge is -2.64. The topological polar surface area (TPSA) is 70.0 Å². The van der Waals surface area contributed by atoms with Crippen molar-refractivity contribution in [1.29, 1.82) is 0 Å². The third kappa shape index (κ3) is 3.60. The average molecular weight is 462 g/mol. The summed E-state index contributed by atoms with van der Waals surface area (Å²) in [5.41, 5.74) is 1.94. The van der Waals surface area contributed by atoms with Crippen LogP contribution in [0.25, 0.3) is 0 Å². The minimum absolute atomic E-state index is 0.00992. The zero-order valence-corrected chi connectivity index (χ0v) is 19.8. The number of benzene rings is 2. The van der Waals surface area contributed by atoms with Crippen LogP contribution in [0.3, 0.4) is 0 Å². The number of ether oxygens (including phenoxy) is 1. The SMILES string of the molecule is O=C1CC23CCN(CC4CC4)C(Cc4ccc(OCc5ccccc5)cc42)C3(O)CC1CCO. The van der Waals surface area contributed by atoms with Gasteiger partial charge < -0.3 is 14.9 Å². The lowest BCUT2D eigenvalue weighted by Crippen LogP contribution is -2.74. The molecule has 6 rings (SSSR count). The van der Waals surface area contributed by atoms with E-state index in [2.05, 4.69) is 29.2 Å². The van der Waals surface area contributed by atoms with E-state index in [0.29, 0.717) is 25.9 Å². The summed E-state index contributed by atoms with van der Waals surface area (Å²) in [5, 5.41) is 22.1. The Kier molecular flexibility index (Phi) is 5.55. The maximum absolute atomic E-state index is 13.3. The van der Waals surface area contributed by atoms with E-state index in [4.69, 9.17) is 4.74 Å². The molecule has 4 aliphatic rings. The van der Waals surface area contributed by atoms with E-state index in [1.807, 2.05) is 24.3 Å². The summed E-state index contributed by atoms with van der Waals surface area (Å²) in [7, 11) is 0. The molecule has 5 heteroatoms. The van der Waals surface area contributed by atoms with Gasteiger partial charge in [-0.3, -0.25) is 9.69 Å². The Morgan fingerprint density at radius 2 is 1.94 bits per heavy atom. The number of Topliss-reactive ketones (excluding diaryl/α,β-unsaturated/α-hetero) is 1. The van der Waals surface area contributed by atoms with Crippen molar-refractivity contribution in [3.63, 3.8) is 0 Å². The number of ketones is 1. The maximum atomic E-state index is 13.3. The van der Waals surface area contributed by atoms with Gasteiger partial charge in [-0.1, -0.05) is 36.4 Å². The van der Waals surface area contributed by atoms with Crippen molar-refractivity contribution in [2.75, 3.05) is 19.7 Å². The molecule has 3 aliphatic carbocycles. The number of hydrogen-bond donors (Lipinski definition) is 2. The van der Waals surface area contributed by atoms with Crippen LogP contribution in [-0.2, 0) is 23.2 Å². The Balaban J connectivity index is 1.37. The zero-order valence-electron chi connectivity index (χ0n) is 19.8. The molecule has 1 saturated heterocycles. The van der Waals surface area contributed by atoms with Gasteiger partial charge in [0.15, 0.2) is 0 Å². The fourth-order valence-electron chi connectivity index (χ4n) is 7.08. The highest BCUT2D eigenvalue weighted by atomic mass is 16.5. The van der Waals surface area contributed by atoms with Gasteiger partial charge in [0, 0.05) is 36.9 Å². The highest BCUT2D eigenvalue weighted by Crippen LogP contribution is 2.59. The molecule has 2 bridgehead atoms. The lowest BCUT2D eigenvalue weighted by molar-refractivity contribution is -0.182. The molecule has 0 amide bonds. The second kappa shape index (κ2) is 8.47. The lowest BCUT2D eigenvalue weighted by atomic mass is 9.47. The van der Waals surface area contributed by atoms with E-state index < -0.39 is 11.0 Å². The second-order valence-corrected chi connectivity index (χ2v) is 11.1. The molecule has 180 valence electrons. The van der Waals surface area contributed by atoms with Crippen molar-refractivity contribution in [3.05, 3.63) is 65.2 Å². The third-order valence-electron chi connectivity index (χ3n) is 9.06. The van der Waals surface area contributed by atoms with E-state index in [1.54, 1.807) is 0 Å². The average Bonchev–Trinajstić information content (AvgIpc) is 3.66. The molecule has 2 saturated carbocycles. The van der Waals surface area contributed by atoms with Gasteiger partial charge in [0.25, 0.3) is 0 Å². The zero-order chi connectivity index (χ0) is 23.3. The molecule has 2 aromatic rings. The summed E-state index contributed by atoms with van der Waals surface area (Å²) in [6.45, 7) is 2.46. The molecular weight excluding hydrogens is 426 g/mol. The quantitative estimate of drug-likeness (QED) is 0.659. The Morgan fingerprint density at radius 3 is 2.71 bits per heavy atom. The van der Waals surface area contributed by atoms with Crippen LogP contribution in [0.2, 0.25) is 0 Å². The molecule has 1 heterocycles. The van der Waals surface area contributed by atoms with Crippen molar-refractivity contribution < 1.29 is 19.7 Å². The van der Waals surface area contributed by atoms with E-state index in [-0.39, 0.29) is 24.3 Å². The van der Waals surface area contributed by atoms with Crippen LogP contribution in [0.4, 0.5) is 0 Å². The number of aliphatic hydroxyl groups excluding tert-OH is 1. The molecular formula is C29H35NO4. The van der Waals surface area contributed by atoms with E-state index in [1.165, 1.54) is 18.4 Å². The highest BCUT2D eigenvalue weighted by Gasteiger charge is 2.66. The normalized spacial score (nSPS) is 32.7. The van der Waals surface area contributed by atoms with Gasteiger partial charge in [-0.25, -0.2) is 0 Å². The summed E-state index contributed by atoms with van der Waals surface area (Å²) in [6.07, 6.45) is 5.43. The van der Waals surface area contributed by atoms with Crippen molar-refractivity contribution in [2.45, 2.75) is 68.6 Å². The van der Waals surface area contributed by atoms with Gasteiger partial charge in [0.05, 0.1) is 5.60 Å². The Morgan fingerprint density at radius 1 is 1.12 bits per heavy atom. The second-order valence-electron chi connectivity index (χ2n) is 11.1. The first-order valence-corrected chi connectivity index (χ1v) is 12.9. The first-order chi connectivity index (χ1) is 16.5. The van der Waals surface area contributed by atoms with E-state index in [9.17, 15) is 15.0 Å². The molecule has 0 radical (unpaired) electrons. The number of fused-ring (bicyclic) bond motifs is 1. The van der Waals surface area contributed by atoms with Crippen LogP contribution in [0.15, 0.2) is 48.5 Å². The number of rotatable bonds is 7. The van der Waals surface area contributed by atoms with Crippen LogP contribution in [0.5, 0.6) is 5.75 Å². The number of aliphatic hydroxyl groups is 2. The first-order valence-electron chi connectivity index (χ1n) is 12.9. The fourth-order valence-corrected chi connectivity index (χ4v) is 7.08. The van der Waals surface area contributed by atoms with Crippen molar-refractivity contribution in [3.8, 4) is 5.75 Å². The van der Waals surface area contributed by atoms with Gasteiger partial charge in [-0.15, -0.1) is 0 Å². The number of carbonyl (C=O) groups excluding carboxylic acids is 1. The van der Waals surface area contributed by atoms with Gasteiger partial charge in [0.2, 0.25) is 0 Å². The van der Waals surface area contributed by atoms with Gasteiger partial charge >= 0.3 is 0 Å². The minimum atomic E-state index is -0.959. The predicted molar refractivity (Wildman–Crippen MR) is 130 cm³/mol.